The Bertz CT molecular complexity index is 778. The molecule has 1 amide bonds. The Balaban J connectivity index is 2.00. The summed E-state index contributed by atoms with van der Waals surface area (Å²) < 4.78 is 0. The van der Waals surface area contributed by atoms with E-state index in [9.17, 15) is 4.79 Å². The number of nitrogens with zero attached hydrogens (tertiary/aromatic N) is 3. The van der Waals surface area contributed by atoms with Crippen molar-refractivity contribution in [3.63, 3.8) is 0 Å². The molecule has 4 heteroatoms. The monoisotopic (exact) mass is 307 g/mol. The molecule has 1 aromatic carbocycles. The van der Waals surface area contributed by atoms with Crippen LogP contribution in [-0.4, -0.2) is 27.2 Å². The fourth-order valence-corrected chi connectivity index (χ4v) is 2.93. The molecule has 0 fully saturated rings. The van der Waals surface area contributed by atoms with Crippen molar-refractivity contribution >= 4 is 11.6 Å². The van der Waals surface area contributed by atoms with Gasteiger partial charge in [-0.3, -0.25) is 9.78 Å². The second-order valence-corrected chi connectivity index (χ2v) is 6.64. The summed E-state index contributed by atoms with van der Waals surface area (Å²) in [4.78, 5) is 16.8. The standard InChI is InChI=1S/C19H21N3O/c1-13-6-5-7-16(14(13)2)17-12-19(3,4)22(21-17)18(23)15-8-10-20-11-9-15/h5-11H,12H2,1-4H3. The lowest BCUT2D eigenvalue weighted by Gasteiger charge is -2.28. The Morgan fingerprint density at radius 3 is 2.52 bits per heavy atom. The van der Waals surface area contributed by atoms with Gasteiger partial charge in [-0.2, -0.15) is 5.10 Å². The van der Waals surface area contributed by atoms with Gasteiger partial charge in [0.2, 0.25) is 0 Å². The van der Waals surface area contributed by atoms with Gasteiger partial charge in [0.05, 0.1) is 11.3 Å². The molecule has 23 heavy (non-hydrogen) atoms. The molecule has 0 saturated carbocycles. The fraction of sp³-hybridized carbons (Fsp3) is 0.316. The number of hydrogen-bond donors (Lipinski definition) is 0. The lowest BCUT2D eigenvalue weighted by atomic mass is 9.91. The zero-order chi connectivity index (χ0) is 16.6. The van der Waals surface area contributed by atoms with Crippen molar-refractivity contribution in [2.24, 2.45) is 5.10 Å². The van der Waals surface area contributed by atoms with E-state index in [1.165, 1.54) is 11.1 Å². The van der Waals surface area contributed by atoms with Gasteiger partial charge in [-0.15, -0.1) is 0 Å². The molecule has 0 radical (unpaired) electrons. The maximum absolute atomic E-state index is 12.8. The summed E-state index contributed by atoms with van der Waals surface area (Å²) in [6.07, 6.45) is 4.01. The predicted molar refractivity (Wildman–Crippen MR) is 91.6 cm³/mol. The third kappa shape index (κ3) is 2.77. The molecule has 0 spiro atoms. The highest BCUT2D eigenvalue weighted by atomic mass is 16.2. The van der Waals surface area contributed by atoms with Crippen LogP contribution in [0.25, 0.3) is 0 Å². The van der Waals surface area contributed by atoms with Crippen molar-refractivity contribution in [3.05, 3.63) is 65.0 Å². The van der Waals surface area contributed by atoms with Crippen molar-refractivity contribution < 1.29 is 4.79 Å². The molecule has 1 aliphatic rings. The molecule has 2 heterocycles. The molecule has 4 nitrogen and oxygen atoms in total. The average molecular weight is 307 g/mol. The zero-order valence-corrected chi connectivity index (χ0v) is 14.0. The Kier molecular flexibility index (Phi) is 3.76. The van der Waals surface area contributed by atoms with Crippen molar-refractivity contribution in [1.29, 1.82) is 0 Å². The van der Waals surface area contributed by atoms with Crippen LogP contribution in [0, 0.1) is 13.8 Å². The fourth-order valence-electron chi connectivity index (χ4n) is 2.93. The molecule has 118 valence electrons. The topological polar surface area (TPSA) is 45.6 Å². The van der Waals surface area contributed by atoms with E-state index in [1.54, 1.807) is 29.5 Å². The van der Waals surface area contributed by atoms with Gasteiger partial charge >= 0.3 is 0 Å². The second-order valence-electron chi connectivity index (χ2n) is 6.64. The first kappa shape index (κ1) is 15.4. The first-order chi connectivity index (χ1) is 10.9. The van der Waals surface area contributed by atoms with Crippen LogP contribution >= 0.6 is 0 Å². The molecule has 0 aliphatic carbocycles. The average Bonchev–Trinajstić information content (AvgIpc) is 2.85. The van der Waals surface area contributed by atoms with Crippen LogP contribution in [0.5, 0.6) is 0 Å². The number of aromatic nitrogens is 1. The summed E-state index contributed by atoms with van der Waals surface area (Å²) in [7, 11) is 0. The number of aryl methyl sites for hydroxylation is 1. The minimum atomic E-state index is -0.341. The zero-order valence-electron chi connectivity index (χ0n) is 14.0. The molecular weight excluding hydrogens is 286 g/mol. The first-order valence-electron chi connectivity index (χ1n) is 7.79. The normalized spacial score (nSPS) is 16.3. The maximum atomic E-state index is 12.8. The molecule has 1 aliphatic heterocycles. The van der Waals surface area contributed by atoms with Crippen LogP contribution in [-0.2, 0) is 0 Å². The van der Waals surface area contributed by atoms with Crippen LogP contribution in [0.15, 0.2) is 47.8 Å². The number of carbonyl (C=O) groups is 1. The van der Waals surface area contributed by atoms with Crippen LogP contribution < -0.4 is 0 Å². The van der Waals surface area contributed by atoms with Crippen molar-refractivity contribution in [2.75, 3.05) is 0 Å². The highest BCUT2D eigenvalue weighted by molar-refractivity contribution is 6.06. The molecule has 0 unspecified atom stereocenters. The van der Waals surface area contributed by atoms with Crippen molar-refractivity contribution in [1.82, 2.24) is 9.99 Å². The molecule has 2 aromatic rings. The summed E-state index contributed by atoms with van der Waals surface area (Å²) in [6, 6.07) is 9.67. The minimum absolute atomic E-state index is 0.0855. The van der Waals surface area contributed by atoms with Crippen LogP contribution in [0.3, 0.4) is 0 Å². The number of carbonyl (C=O) groups excluding carboxylic acids is 1. The molecule has 3 rings (SSSR count). The summed E-state index contributed by atoms with van der Waals surface area (Å²) >= 11 is 0. The number of pyridine rings is 1. The third-order valence-electron chi connectivity index (χ3n) is 4.43. The number of hydrazone groups is 1. The van der Waals surface area contributed by atoms with Gasteiger partial charge in [0.15, 0.2) is 0 Å². The number of hydrogen-bond acceptors (Lipinski definition) is 3. The summed E-state index contributed by atoms with van der Waals surface area (Å²) in [5.41, 5.74) is 4.83. The molecule has 0 atom stereocenters. The van der Waals surface area contributed by atoms with E-state index >= 15 is 0 Å². The van der Waals surface area contributed by atoms with Crippen LogP contribution in [0.4, 0.5) is 0 Å². The van der Waals surface area contributed by atoms with E-state index in [0.717, 1.165) is 17.7 Å². The van der Waals surface area contributed by atoms with E-state index < -0.39 is 0 Å². The predicted octanol–water partition coefficient (Wildman–Crippen LogP) is 3.73. The van der Waals surface area contributed by atoms with Crippen LogP contribution in [0.2, 0.25) is 0 Å². The van der Waals surface area contributed by atoms with Gasteiger partial charge < -0.3 is 0 Å². The smallest absolute Gasteiger partial charge is 0.267 e. The molecule has 1 aromatic heterocycles. The number of rotatable bonds is 2. The highest BCUT2D eigenvalue weighted by Crippen LogP contribution is 2.32. The highest BCUT2D eigenvalue weighted by Gasteiger charge is 2.39. The third-order valence-corrected chi connectivity index (χ3v) is 4.43. The molecular formula is C19H21N3O. The van der Waals surface area contributed by atoms with E-state index in [-0.39, 0.29) is 11.4 Å². The summed E-state index contributed by atoms with van der Waals surface area (Å²) in [5, 5.41) is 6.28. The number of benzene rings is 1. The van der Waals surface area contributed by atoms with E-state index in [4.69, 9.17) is 0 Å². The Morgan fingerprint density at radius 2 is 1.83 bits per heavy atom. The van der Waals surface area contributed by atoms with Gasteiger partial charge in [0.1, 0.15) is 0 Å². The van der Waals surface area contributed by atoms with Crippen LogP contribution in [0.1, 0.15) is 47.3 Å². The Hall–Kier alpha value is -2.49. The lowest BCUT2D eigenvalue weighted by molar-refractivity contribution is 0.0612. The first-order valence-corrected chi connectivity index (χ1v) is 7.79. The minimum Gasteiger partial charge on any atom is -0.267 e. The number of amides is 1. The SMILES string of the molecule is Cc1cccc(C2=NN(C(=O)c3ccncc3)C(C)(C)C2)c1C. The van der Waals surface area contributed by atoms with Gasteiger partial charge in [0, 0.05) is 29.9 Å². The lowest BCUT2D eigenvalue weighted by Crippen LogP contribution is -2.40. The van der Waals surface area contributed by atoms with Gasteiger partial charge in [-0.25, -0.2) is 5.01 Å². The van der Waals surface area contributed by atoms with E-state index in [1.807, 2.05) is 19.9 Å². The largest absolute Gasteiger partial charge is 0.274 e. The van der Waals surface area contributed by atoms with Gasteiger partial charge in [-0.05, 0) is 51.0 Å². The molecule has 0 saturated heterocycles. The maximum Gasteiger partial charge on any atom is 0.274 e. The molecule has 0 bridgehead atoms. The molecule has 0 N–H and O–H groups in total. The Labute approximate surface area is 136 Å². The summed E-state index contributed by atoms with van der Waals surface area (Å²) in [5.74, 6) is -0.0855. The van der Waals surface area contributed by atoms with E-state index in [2.05, 4.69) is 36.1 Å². The van der Waals surface area contributed by atoms with Crippen molar-refractivity contribution in [3.8, 4) is 0 Å². The second kappa shape index (κ2) is 5.61. The van der Waals surface area contributed by atoms with Crippen molar-refractivity contribution in [2.45, 2.75) is 39.7 Å². The van der Waals surface area contributed by atoms with Gasteiger partial charge in [-0.1, -0.05) is 18.2 Å². The summed E-state index contributed by atoms with van der Waals surface area (Å²) in [6.45, 7) is 8.30. The van der Waals surface area contributed by atoms with E-state index in [0.29, 0.717) is 5.56 Å². The quantitative estimate of drug-likeness (QED) is 0.848. The Morgan fingerprint density at radius 1 is 1.13 bits per heavy atom. The van der Waals surface area contributed by atoms with Gasteiger partial charge in [0.25, 0.3) is 5.91 Å².